The van der Waals surface area contributed by atoms with Crippen LogP contribution in [0.2, 0.25) is 0 Å². The largest absolute Gasteiger partial charge is 0.451 e. The highest BCUT2D eigenvalue weighted by Gasteiger charge is 2.22. The molecule has 5 nitrogen and oxygen atoms in total. The van der Waals surface area contributed by atoms with Crippen LogP contribution in [0.5, 0.6) is 0 Å². The number of halogens is 3. The minimum Gasteiger partial charge on any atom is -0.451 e. The molecule has 0 spiro atoms. The van der Waals surface area contributed by atoms with E-state index >= 15 is 0 Å². The predicted octanol–water partition coefficient (Wildman–Crippen LogP) is 3.46. The van der Waals surface area contributed by atoms with Gasteiger partial charge in [0.2, 0.25) is 0 Å². The van der Waals surface area contributed by atoms with Gasteiger partial charge in [-0.05, 0) is 57.1 Å². The van der Waals surface area contributed by atoms with Gasteiger partial charge in [0, 0.05) is 6.07 Å². The Kier molecular flexibility index (Phi) is 5.07. The van der Waals surface area contributed by atoms with Crippen molar-refractivity contribution in [3.05, 3.63) is 45.0 Å². The van der Waals surface area contributed by atoms with Crippen molar-refractivity contribution >= 4 is 47.6 Å². The zero-order valence-corrected chi connectivity index (χ0v) is 14.8. The van der Waals surface area contributed by atoms with E-state index in [1.54, 1.807) is 7.05 Å². The summed E-state index contributed by atoms with van der Waals surface area (Å²) >= 11 is 6.07. The lowest BCUT2D eigenvalue weighted by molar-refractivity contribution is 0.470. The highest BCUT2D eigenvalue weighted by molar-refractivity contribution is 9.10. The molecule has 114 valence electrons. The molecule has 1 aromatic carbocycles. The predicted molar refractivity (Wildman–Crippen MR) is 84.1 cm³/mol. The first-order chi connectivity index (χ1) is 9.83. The Morgan fingerprint density at radius 2 is 2.00 bits per heavy atom. The van der Waals surface area contributed by atoms with Crippen LogP contribution in [-0.2, 0) is 16.6 Å². The van der Waals surface area contributed by atoms with Crippen LogP contribution in [0.3, 0.4) is 0 Å². The first kappa shape index (κ1) is 16.5. The van der Waals surface area contributed by atoms with Gasteiger partial charge in [0.05, 0.1) is 16.7 Å². The molecule has 0 atom stereocenters. The van der Waals surface area contributed by atoms with Crippen molar-refractivity contribution in [1.29, 1.82) is 0 Å². The maximum atomic E-state index is 13.4. The molecule has 2 rings (SSSR count). The third-order valence-corrected chi connectivity index (χ3v) is 5.40. The van der Waals surface area contributed by atoms with Gasteiger partial charge in [-0.1, -0.05) is 0 Å². The summed E-state index contributed by atoms with van der Waals surface area (Å²) in [7, 11) is -2.16. The molecule has 21 heavy (non-hydrogen) atoms. The number of rotatable bonds is 5. The van der Waals surface area contributed by atoms with Gasteiger partial charge in [-0.2, -0.15) is 0 Å². The summed E-state index contributed by atoms with van der Waals surface area (Å²) in [4.78, 5) is -0.0453. The summed E-state index contributed by atoms with van der Waals surface area (Å²) in [5, 5.41) is 2.85. The van der Waals surface area contributed by atoms with Crippen molar-refractivity contribution in [3.8, 4) is 0 Å². The van der Waals surface area contributed by atoms with E-state index in [9.17, 15) is 12.8 Å². The Bertz CT molecular complexity index is 762. The van der Waals surface area contributed by atoms with Crippen LogP contribution < -0.4 is 10.0 Å². The van der Waals surface area contributed by atoms with E-state index in [0.29, 0.717) is 12.3 Å². The third-order valence-electron chi connectivity index (χ3n) is 2.52. The number of furan rings is 1. The molecule has 9 heteroatoms. The fraction of sp³-hybridized carbons (Fsp3) is 0.167. The summed E-state index contributed by atoms with van der Waals surface area (Å²) in [6.45, 7) is 0.390. The summed E-state index contributed by atoms with van der Waals surface area (Å²) in [5.41, 5.74) is 0.124. The standard InChI is InChI=1S/C12H11Br2FN2O3S/c1-16-6-8-5-11(12(14)20-8)21(18,19)17-7-2-3-9(13)10(15)4-7/h2-5,16-17H,6H2,1H3. The molecular formula is C12H11Br2FN2O3S. The highest BCUT2D eigenvalue weighted by atomic mass is 79.9. The van der Waals surface area contributed by atoms with Crippen molar-refractivity contribution in [2.45, 2.75) is 11.4 Å². The number of anilines is 1. The van der Waals surface area contributed by atoms with Crippen LogP contribution in [-0.4, -0.2) is 15.5 Å². The lowest BCUT2D eigenvalue weighted by Gasteiger charge is -2.07. The number of benzene rings is 1. The molecule has 0 radical (unpaired) electrons. The second kappa shape index (κ2) is 6.47. The van der Waals surface area contributed by atoms with Gasteiger partial charge >= 0.3 is 0 Å². The quantitative estimate of drug-likeness (QED) is 0.745. The highest BCUT2D eigenvalue weighted by Crippen LogP contribution is 2.28. The summed E-state index contributed by atoms with van der Waals surface area (Å²) in [6.07, 6.45) is 0. The average Bonchev–Trinajstić information content (AvgIpc) is 2.76. The van der Waals surface area contributed by atoms with Gasteiger partial charge in [-0.25, -0.2) is 12.8 Å². The van der Waals surface area contributed by atoms with Crippen molar-refractivity contribution in [2.24, 2.45) is 0 Å². The maximum Gasteiger partial charge on any atom is 0.266 e. The molecule has 0 fully saturated rings. The minimum atomic E-state index is -3.87. The van der Waals surface area contributed by atoms with E-state index in [2.05, 4.69) is 41.9 Å². The van der Waals surface area contributed by atoms with Gasteiger partial charge in [-0.15, -0.1) is 0 Å². The Balaban J connectivity index is 2.31. The summed E-state index contributed by atoms with van der Waals surface area (Å²) in [6, 6.07) is 5.36. The zero-order chi connectivity index (χ0) is 15.6. The second-order valence-electron chi connectivity index (χ2n) is 4.12. The van der Waals surface area contributed by atoms with Crippen LogP contribution in [0.1, 0.15) is 5.76 Å². The van der Waals surface area contributed by atoms with Gasteiger partial charge in [0.25, 0.3) is 10.0 Å². The monoisotopic (exact) mass is 440 g/mol. The second-order valence-corrected chi connectivity index (χ2v) is 7.34. The smallest absolute Gasteiger partial charge is 0.266 e. The van der Waals surface area contributed by atoms with Crippen LogP contribution in [0.25, 0.3) is 0 Å². The number of hydrogen-bond donors (Lipinski definition) is 2. The molecule has 0 aliphatic carbocycles. The van der Waals surface area contributed by atoms with Gasteiger partial charge in [0.1, 0.15) is 16.5 Å². The normalized spacial score (nSPS) is 11.6. The van der Waals surface area contributed by atoms with Crippen LogP contribution in [0.15, 0.2) is 42.7 Å². The lowest BCUT2D eigenvalue weighted by Crippen LogP contribution is -2.13. The van der Waals surface area contributed by atoms with Crippen LogP contribution in [0, 0.1) is 5.82 Å². The molecule has 1 heterocycles. The van der Waals surface area contributed by atoms with E-state index < -0.39 is 15.8 Å². The molecule has 0 bridgehead atoms. The van der Waals surface area contributed by atoms with Crippen molar-refractivity contribution < 1.29 is 17.2 Å². The Morgan fingerprint density at radius 3 is 2.62 bits per heavy atom. The Hall–Kier alpha value is -0.900. The average molecular weight is 442 g/mol. The van der Waals surface area contributed by atoms with Gasteiger partial charge < -0.3 is 9.73 Å². The fourth-order valence-electron chi connectivity index (χ4n) is 1.61. The number of hydrogen-bond acceptors (Lipinski definition) is 4. The Morgan fingerprint density at radius 1 is 1.29 bits per heavy atom. The molecule has 0 saturated heterocycles. The molecule has 0 aliphatic heterocycles. The van der Waals surface area contributed by atoms with E-state index in [1.807, 2.05) is 0 Å². The molecular weight excluding hydrogens is 431 g/mol. The zero-order valence-electron chi connectivity index (χ0n) is 10.8. The van der Waals surface area contributed by atoms with E-state index in [4.69, 9.17) is 4.42 Å². The van der Waals surface area contributed by atoms with Crippen LogP contribution >= 0.6 is 31.9 Å². The summed E-state index contributed by atoms with van der Waals surface area (Å²) in [5.74, 6) is -0.0935. The number of nitrogens with one attached hydrogen (secondary N) is 2. The SMILES string of the molecule is CNCc1cc(S(=O)(=O)Nc2ccc(Br)c(F)c2)c(Br)o1. The lowest BCUT2D eigenvalue weighted by atomic mass is 10.3. The van der Waals surface area contributed by atoms with E-state index in [1.165, 1.54) is 18.2 Å². The molecule has 2 aromatic rings. The number of sulfonamides is 1. The van der Waals surface area contributed by atoms with Gasteiger partial charge in [-0.3, -0.25) is 4.72 Å². The van der Waals surface area contributed by atoms with Crippen LogP contribution in [0.4, 0.5) is 10.1 Å². The minimum absolute atomic E-state index is 0.0453. The molecule has 0 saturated carbocycles. The fourth-order valence-corrected chi connectivity index (χ4v) is 3.91. The molecule has 2 N–H and O–H groups in total. The molecule has 1 aromatic heterocycles. The third kappa shape index (κ3) is 3.85. The first-order valence-corrected chi connectivity index (χ1v) is 8.81. The molecule has 0 unspecified atom stereocenters. The maximum absolute atomic E-state index is 13.4. The van der Waals surface area contributed by atoms with E-state index in [-0.39, 0.29) is 19.7 Å². The Labute approximate surface area is 138 Å². The molecule has 0 amide bonds. The summed E-state index contributed by atoms with van der Waals surface area (Å²) < 4.78 is 45.9. The van der Waals surface area contributed by atoms with Gasteiger partial charge in [0.15, 0.2) is 4.67 Å². The van der Waals surface area contributed by atoms with Crippen molar-refractivity contribution in [3.63, 3.8) is 0 Å². The van der Waals surface area contributed by atoms with E-state index in [0.717, 1.165) is 6.07 Å². The molecule has 0 aliphatic rings. The van der Waals surface area contributed by atoms with Crippen molar-refractivity contribution in [1.82, 2.24) is 5.32 Å². The van der Waals surface area contributed by atoms with Crippen molar-refractivity contribution in [2.75, 3.05) is 11.8 Å². The topological polar surface area (TPSA) is 71.3 Å². The first-order valence-electron chi connectivity index (χ1n) is 5.74.